The van der Waals surface area contributed by atoms with Crippen molar-refractivity contribution in [2.24, 2.45) is 5.92 Å². The van der Waals surface area contributed by atoms with E-state index in [1.165, 1.54) is 40.1 Å². The van der Waals surface area contributed by atoms with Crippen molar-refractivity contribution in [3.63, 3.8) is 0 Å². The first-order valence-corrected chi connectivity index (χ1v) is 11.0. The number of fused-ring (bicyclic) bond motifs is 3. The highest BCUT2D eigenvalue weighted by Crippen LogP contribution is 2.50. The number of nitro groups is 1. The second-order valence-electron chi connectivity index (χ2n) is 8.80. The SMILES string of the molecule is Cc1cc(C)c2c(c1)[C@@H]1C=CC[C@@H]1[C@H](c1ccc(OCc3ccc([N+](=O)[O-])cc3)cc1)N2. The molecular weight excluding hydrogens is 400 g/mol. The first-order valence-electron chi connectivity index (χ1n) is 11.0. The number of hydrogen-bond donors (Lipinski definition) is 1. The Kier molecular flexibility index (Phi) is 5.17. The molecule has 3 aromatic carbocycles. The number of hydrogen-bond acceptors (Lipinski definition) is 4. The summed E-state index contributed by atoms with van der Waals surface area (Å²) in [6, 6.07) is 19.6. The zero-order valence-electron chi connectivity index (χ0n) is 18.2. The van der Waals surface area contributed by atoms with Gasteiger partial charge in [0, 0.05) is 23.7 Å². The molecular formula is C27H26N2O3. The smallest absolute Gasteiger partial charge is 0.269 e. The van der Waals surface area contributed by atoms with E-state index in [2.05, 4.69) is 55.6 Å². The normalized spacial score (nSPS) is 20.9. The Labute approximate surface area is 187 Å². The number of rotatable bonds is 5. The maximum absolute atomic E-state index is 10.8. The Morgan fingerprint density at radius 1 is 1.06 bits per heavy atom. The fourth-order valence-corrected chi connectivity index (χ4v) is 5.05. The van der Waals surface area contributed by atoms with Gasteiger partial charge in [0.25, 0.3) is 5.69 Å². The van der Waals surface area contributed by atoms with Crippen LogP contribution in [0.1, 0.15) is 46.2 Å². The molecule has 0 saturated carbocycles. The van der Waals surface area contributed by atoms with Gasteiger partial charge in [0.05, 0.1) is 11.0 Å². The van der Waals surface area contributed by atoms with Gasteiger partial charge in [-0.1, -0.05) is 42.0 Å². The molecule has 0 unspecified atom stereocenters. The van der Waals surface area contributed by atoms with Gasteiger partial charge < -0.3 is 10.1 Å². The zero-order chi connectivity index (χ0) is 22.2. The average Bonchev–Trinajstić information content (AvgIpc) is 3.28. The third-order valence-corrected chi connectivity index (χ3v) is 6.60. The standard InChI is InChI=1S/C27H26N2O3/c1-17-14-18(2)26-25(15-17)23-4-3-5-24(23)27(28-26)20-8-12-22(13-9-20)32-16-19-6-10-21(11-7-19)29(30)31/h3-4,6-15,23-24,27-28H,5,16H2,1-2H3/t23-,24+,27+/m1/s1. The summed E-state index contributed by atoms with van der Waals surface area (Å²) in [4.78, 5) is 10.4. The van der Waals surface area contributed by atoms with E-state index in [1.807, 2.05) is 12.1 Å². The molecule has 1 N–H and O–H groups in total. The van der Waals surface area contributed by atoms with Gasteiger partial charge in [0.1, 0.15) is 12.4 Å². The number of benzene rings is 3. The fraction of sp³-hybridized carbons (Fsp3) is 0.259. The molecule has 3 aromatic rings. The van der Waals surface area contributed by atoms with Crippen LogP contribution in [0.2, 0.25) is 0 Å². The van der Waals surface area contributed by atoms with Crippen LogP contribution in [0.3, 0.4) is 0 Å². The summed E-state index contributed by atoms with van der Waals surface area (Å²) in [7, 11) is 0. The summed E-state index contributed by atoms with van der Waals surface area (Å²) in [5.41, 5.74) is 7.55. The maximum Gasteiger partial charge on any atom is 0.269 e. The molecule has 2 aliphatic rings. The summed E-state index contributed by atoms with van der Waals surface area (Å²) in [5.74, 6) is 1.75. The molecule has 0 spiro atoms. The van der Waals surface area contributed by atoms with E-state index in [4.69, 9.17) is 4.74 Å². The molecule has 0 fully saturated rings. The number of nitro benzene ring substituents is 1. The Balaban J connectivity index is 1.32. The molecule has 5 heteroatoms. The number of aryl methyl sites for hydroxylation is 2. The van der Waals surface area contributed by atoms with Crippen LogP contribution in [0, 0.1) is 29.9 Å². The van der Waals surface area contributed by atoms with E-state index in [0.29, 0.717) is 18.4 Å². The minimum absolute atomic E-state index is 0.0877. The highest BCUT2D eigenvalue weighted by molar-refractivity contribution is 5.65. The van der Waals surface area contributed by atoms with Gasteiger partial charge in [-0.25, -0.2) is 0 Å². The second kappa shape index (κ2) is 8.15. The number of nitrogens with one attached hydrogen (secondary N) is 1. The molecule has 0 radical (unpaired) electrons. The van der Waals surface area contributed by atoms with Gasteiger partial charge in [0.15, 0.2) is 0 Å². The Morgan fingerprint density at radius 2 is 1.81 bits per heavy atom. The predicted octanol–water partition coefficient (Wildman–Crippen LogP) is 6.62. The summed E-state index contributed by atoms with van der Waals surface area (Å²) in [5, 5.41) is 14.6. The summed E-state index contributed by atoms with van der Waals surface area (Å²) >= 11 is 0. The monoisotopic (exact) mass is 426 g/mol. The van der Waals surface area contributed by atoms with Crippen molar-refractivity contribution in [3.8, 4) is 5.75 Å². The Bertz CT molecular complexity index is 1180. The van der Waals surface area contributed by atoms with Gasteiger partial charge in [-0.05, 0) is 72.7 Å². The van der Waals surface area contributed by atoms with Crippen molar-refractivity contribution in [3.05, 3.63) is 111 Å². The molecule has 32 heavy (non-hydrogen) atoms. The van der Waals surface area contributed by atoms with Crippen molar-refractivity contribution < 1.29 is 9.66 Å². The molecule has 1 aliphatic heterocycles. The number of non-ortho nitro benzene ring substituents is 1. The predicted molar refractivity (Wildman–Crippen MR) is 126 cm³/mol. The minimum atomic E-state index is -0.395. The van der Waals surface area contributed by atoms with E-state index >= 15 is 0 Å². The lowest BCUT2D eigenvalue weighted by Gasteiger charge is -2.38. The summed E-state index contributed by atoms with van der Waals surface area (Å²) in [6.45, 7) is 4.73. The Hall–Kier alpha value is -3.60. The first kappa shape index (κ1) is 20.3. The highest BCUT2D eigenvalue weighted by Gasteiger charge is 2.38. The Morgan fingerprint density at radius 3 is 2.53 bits per heavy atom. The fourth-order valence-electron chi connectivity index (χ4n) is 5.05. The van der Waals surface area contributed by atoms with Gasteiger partial charge in [0.2, 0.25) is 0 Å². The van der Waals surface area contributed by atoms with E-state index in [-0.39, 0.29) is 11.7 Å². The van der Waals surface area contributed by atoms with Crippen LogP contribution >= 0.6 is 0 Å². The molecule has 0 aromatic heterocycles. The van der Waals surface area contributed by atoms with Crippen LogP contribution in [-0.2, 0) is 6.61 Å². The van der Waals surface area contributed by atoms with Crippen LogP contribution in [0.15, 0.2) is 72.8 Å². The molecule has 0 saturated heterocycles. The lowest BCUT2D eigenvalue weighted by Crippen LogP contribution is -2.29. The molecule has 0 amide bonds. The lowest BCUT2D eigenvalue weighted by molar-refractivity contribution is -0.384. The lowest BCUT2D eigenvalue weighted by atomic mass is 9.76. The van der Waals surface area contributed by atoms with Crippen molar-refractivity contribution >= 4 is 11.4 Å². The van der Waals surface area contributed by atoms with Crippen molar-refractivity contribution in [2.45, 2.75) is 38.8 Å². The van der Waals surface area contributed by atoms with E-state index in [9.17, 15) is 10.1 Å². The largest absolute Gasteiger partial charge is 0.489 e. The van der Waals surface area contributed by atoms with Gasteiger partial charge in [-0.15, -0.1) is 0 Å². The number of allylic oxidation sites excluding steroid dienone is 2. The van der Waals surface area contributed by atoms with Crippen molar-refractivity contribution in [2.75, 3.05) is 5.32 Å². The van der Waals surface area contributed by atoms with E-state index in [0.717, 1.165) is 17.7 Å². The van der Waals surface area contributed by atoms with E-state index in [1.54, 1.807) is 12.1 Å². The van der Waals surface area contributed by atoms with E-state index < -0.39 is 4.92 Å². The van der Waals surface area contributed by atoms with Gasteiger partial charge in [-0.2, -0.15) is 0 Å². The molecule has 1 heterocycles. The molecule has 1 aliphatic carbocycles. The van der Waals surface area contributed by atoms with Gasteiger partial charge in [-0.3, -0.25) is 10.1 Å². The molecule has 0 bridgehead atoms. The van der Waals surface area contributed by atoms with Crippen LogP contribution in [0.5, 0.6) is 5.75 Å². The summed E-state index contributed by atoms with van der Waals surface area (Å²) in [6.07, 6.45) is 5.77. The maximum atomic E-state index is 10.8. The molecule has 5 nitrogen and oxygen atoms in total. The van der Waals surface area contributed by atoms with Crippen LogP contribution in [0.25, 0.3) is 0 Å². The van der Waals surface area contributed by atoms with Crippen LogP contribution in [0.4, 0.5) is 11.4 Å². The second-order valence-corrected chi connectivity index (χ2v) is 8.80. The average molecular weight is 427 g/mol. The van der Waals surface area contributed by atoms with Crippen molar-refractivity contribution in [1.82, 2.24) is 0 Å². The third-order valence-electron chi connectivity index (χ3n) is 6.60. The zero-order valence-corrected chi connectivity index (χ0v) is 18.2. The van der Waals surface area contributed by atoms with Crippen molar-refractivity contribution in [1.29, 1.82) is 0 Å². The quantitative estimate of drug-likeness (QED) is 0.283. The minimum Gasteiger partial charge on any atom is -0.489 e. The molecule has 3 atom stereocenters. The number of nitrogens with zero attached hydrogens (tertiary/aromatic N) is 1. The topological polar surface area (TPSA) is 64.4 Å². The van der Waals surface area contributed by atoms with Gasteiger partial charge >= 0.3 is 0 Å². The third kappa shape index (κ3) is 3.75. The molecule has 5 rings (SSSR count). The first-order chi connectivity index (χ1) is 15.5. The van der Waals surface area contributed by atoms with Crippen LogP contribution in [-0.4, -0.2) is 4.92 Å². The summed E-state index contributed by atoms with van der Waals surface area (Å²) < 4.78 is 5.91. The molecule has 162 valence electrons. The number of ether oxygens (including phenoxy) is 1. The highest BCUT2D eigenvalue weighted by atomic mass is 16.6. The van der Waals surface area contributed by atoms with Crippen LogP contribution < -0.4 is 10.1 Å². The number of anilines is 1.